The molecule has 202 valence electrons. The summed E-state index contributed by atoms with van der Waals surface area (Å²) < 4.78 is 35.6. The van der Waals surface area contributed by atoms with Crippen molar-refractivity contribution in [2.75, 3.05) is 39.4 Å². The Morgan fingerprint density at radius 3 is 2.36 bits per heavy atom. The highest BCUT2D eigenvalue weighted by molar-refractivity contribution is 7.89. The minimum atomic E-state index is -3.67. The van der Waals surface area contributed by atoms with E-state index in [4.69, 9.17) is 9.84 Å². The Hall–Kier alpha value is -3.78. The zero-order valence-corrected chi connectivity index (χ0v) is 22.5. The summed E-state index contributed by atoms with van der Waals surface area (Å²) in [6.07, 6.45) is 7.05. The molecule has 2 aliphatic heterocycles. The van der Waals surface area contributed by atoms with Crippen molar-refractivity contribution in [3.63, 3.8) is 0 Å². The SMILES string of the molecule is N#CC(=Cc1cn(-c2ccccc2)nc1-c1cccc(S(=O)(=O)N2CCCCCC2)c1)C(=O)N1CCOCC1. The van der Waals surface area contributed by atoms with E-state index in [0.717, 1.165) is 31.4 Å². The van der Waals surface area contributed by atoms with Gasteiger partial charge in [0.25, 0.3) is 5.91 Å². The van der Waals surface area contributed by atoms with Crippen molar-refractivity contribution in [2.24, 2.45) is 0 Å². The predicted octanol–water partition coefficient (Wildman–Crippen LogP) is 3.87. The molecule has 0 unspecified atom stereocenters. The van der Waals surface area contributed by atoms with Crippen LogP contribution in [0.15, 0.2) is 71.3 Å². The number of carbonyl (C=O) groups excluding carboxylic acids is 1. The van der Waals surface area contributed by atoms with Crippen molar-refractivity contribution < 1.29 is 17.9 Å². The average Bonchev–Trinajstić information content (AvgIpc) is 3.20. The van der Waals surface area contributed by atoms with Crippen LogP contribution in [0.4, 0.5) is 0 Å². The van der Waals surface area contributed by atoms with E-state index >= 15 is 0 Å². The second-order valence-electron chi connectivity index (χ2n) is 9.63. The maximum atomic E-state index is 13.5. The molecule has 2 saturated heterocycles. The number of benzene rings is 2. The predicted molar refractivity (Wildman–Crippen MR) is 147 cm³/mol. The third kappa shape index (κ3) is 5.96. The summed E-state index contributed by atoms with van der Waals surface area (Å²) in [5.41, 5.74) is 2.39. The molecule has 0 radical (unpaired) electrons. The quantitative estimate of drug-likeness (QED) is 0.344. The fourth-order valence-electron chi connectivity index (χ4n) is 4.90. The molecule has 10 heteroatoms. The summed E-state index contributed by atoms with van der Waals surface area (Å²) in [5, 5.41) is 14.7. The summed E-state index contributed by atoms with van der Waals surface area (Å²) in [5.74, 6) is -0.364. The van der Waals surface area contributed by atoms with Crippen LogP contribution in [0.2, 0.25) is 0 Å². The smallest absolute Gasteiger partial charge is 0.264 e. The molecule has 1 aromatic heterocycles. The zero-order chi connectivity index (χ0) is 27.2. The van der Waals surface area contributed by atoms with Gasteiger partial charge in [0.05, 0.1) is 23.8 Å². The molecule has 0 spiro atoms. The first-order valence-corrected chi connectivity index (χ1v) is 14.7. The first-order valence-electron chi connectivity index (χ1n) is 13.2. The maximum absolute atomic E-state index is 13.5. The van der Waals surface area contributed by atoms with Gasteiger partial charge in [-0.3, -0.25) is 4.79 Å². The molecular weight excluding hydrogens is 514 g/mol. The van der Waals surface area contributed by atoms with Gasteiger partial charge < -0.3 is 9.64 Å². The minimum Gasteiger partial charge on any atom is -0.378 e. The van der Waals surface area contributed by atoms with Crippen molar-refractivity contribution >= 4 is 22.0 Å². The van der Waals surface area contributed by atoms with Crippen LogP contribution in [-0.2, 0) is 19.6 Å². The molecule has 1 amide bonds. The number of nitrogens with zero attached hydrogens (tertiary/aromatic N) is 5. The van der Waals surface area contributed by atoms with E-state index in [1.165, 1.54) is 6.08 Å². The first-order chi connectivity index (χ1) is 19.0. The van der Waals surface area contributed by atoms with Crippen LogP contribution in [0.3, 0.4) is 0 Å². The Morgan fingerprint density at radius 2 is 1.67 bits per heavy atom. The van der Waals surface area contributed by atoms with E-state index in [-0.39, 0.29) is 16.4 Å². The number of hydrogen-bond donors (Lipinski definition) is 0. The third-order valence-corrected chi connectivity index (χ3v) is 8.92. The Kier molecular flexibility index (Phi) is 8.21. The molecule has 2 fully saturated rings. The van der Waals surface area contributed by atoms with Crippen molar-refractivity contribution in [2.45, 2.75) is 30.6 Å². The summed E-state index contributed by atoms with van der Waals surface area (Å²) >= 11 is 0. The molecular formula is C29H31N5O4S. The molecule has 0 atom stereocenters. The average molecular weight is 546 g/mol. The van der Waals surface area contributed by atoms with Crippen LogP contribution in [0.25, 0.3) is 23.0 Å². The molecule has 2 aliphatic rings. The number of para-hydroxylation sites is 1. The second-order valence-corrected chi connectivity index (χ2v) is 11.6. The number of nitriles is 1. The lowest BCUT2D eigenvalue weighted by molar-refractivity contribution is -0.130. The normalized spacial score (nSPS) is 17.4. The number of rotatable bonds is 6. The maximum Gasteiger partial charge on any atom is 0.264 e. The highest BCUT2D eigenvalue weighted by Gasteiger charge is 2.26. The van der Waals surface area contributed by atoms with Gasteiger partial charge in [-0.1, -0.05) is 43.2 Å². The monoisotopic (exact) mass is 545 g/mol. The lowest BCUT2D eigenvalue weighted by Gasteiger charge is -2.26. The van der Waals surface area contributed by atoms with Gasteiger partial charge in [0.2, 0.25) is 10.0 Å². The molecule has 0 saturated carbocycles. The molecule has 0 bridgehead atoms. The fraction of sp³-hybridized carbons (Fsp3) is 0.345. The van der Waals surface area contributed by atoms with Crippen molar-refractivity contribution in [1.29, 1.82) is 5.26 Å². The minimum absolute atomic E-state index is 0.0147. The van der Waals surface area contributed by atoms with E-state index in [9.17, 15) is 18.5 Å². The van der Waals surface area contributed by atoms with Crippen molar-refractivity contribution in [1.82, 2.24) is 19.0 Å². The molecule has 0 N–H and O–H groups in total. The number of ether oxygens (including phenoxy) is 1. The Bertz CT molecular complexity index is 1490. The number of carbonyl (C=O) groups is 1. The fourth-order valence-corrected chi connectivity index (χ4v) is 6.46. The van der Waals surface area contributed by atoms with Crippen LogP contribution in [0.1, 0.15) is 31.2 Å². The van der Waals surface area contributed by atoms with Gasteiger partial charge in [0, 0.05) is 43.5 Å². The van der Waals surface area contributed by atoms with Crippen LogP contribution in [-0.4, -0.2) is 72.7 Å². The summed E-state index contributed by atoms with van der Waals surface area (Å²) in [6, 6.07) is 18.3. The second kappa shape index (κ2) is 11.9. The number of amides is 1. The molecule has 5 rings (SSSR count). The van der Waals surface area contributed by atoms with Gasteiger partial charge in [0.1, 0.15) is 17.3 Å². The Labute approximate surface area is 229 Å². The first kappa shape index (κ1) is 26.8. The Balaban J connectivity index is 1.57. The van der Waals surface area contributed by atoms with Crippen molar-refractivity contribution in [3.05, 3.63) is 71.9 Å². The van der Waals surface area contributed by atoms with E-state index in [1.807, 2.05) is 36.4 Å². The number of sulfonamides is 1. The summed E-state index contributed by atoms with van der Waals surface area (Å²) in [4.78, 5) is 14.9. The van der Waals surface area contributed by atoms with Gasteiger partial charge in [-0.15, -0.1) is 0 Å². The highest BCUT2D eigenvalue weighted by Crippen LogP contribution is 2.29. The molecule has 3 aromatic rings. The van der Waals surface area contributed by atoms with Gasteiger partial charge in [-0.2, -0.15) is 14.7 Å². The van der Waals surface area contributed by atoms with E-state index in [1.54, 1.807) is 44.3 Å². The molecule has 0 aliphatic carbocycles. The van der Waals surface area contributed by atoms with Crippen LogP contribution in [0.5, 0.6) is 0 Å². The molecule has 9 nitrogen and oxygen atoms in total. The van der Waals surface area contributed by atoms with Gasteiger partial charge in [-0.05, 0) is 43.2 Å². The van der Waals surface area contributed by atoms with Crippen LogP contribution in [0, 0.1) is 11.3 Å². The topological polar surface area (TPSA) is 109 Å². The molecule has 3 heterocycles. The lowest BCUT2D eigenvalue weighted by Crippen LogP contribution is -2.41. The largest absolute Gasteiger partial charge is 0.378 e. The van der Waals surface area contributed by atoms with Crippen LogP contribution >= 0.6 is 0 Å². The zero-order valence-electron chi connectivity index (χ0n) is 21.7. The third-order valence-electron chi connectivity index (χ3n) is 7.02. The van der Waals surface area contributed by atoms with Crippen LogP contribution < -0.4 is 0 Å². The standard InChI is InChI=1S/C29H31N5O4S/c30-21-24(29(35)32-15-17-38-18-16-32)19-25-22-34(26-10-4-3-5-11-26)31-28(25)23-9-8-12-27(20-23)39(36,37)33-13-6-1-2-7-14-33/h3-5,8-12,19-20,22H,1-2,6-7,13-18H2. The van der Waals surface area contributed by atoms with E-state index in [0.29, 0.717) is 56.2 Å². The van der Waals surface area contributed by atoms with E-state index < -0.39 is 10.0 Å². The number of morpholine rings is 1. The van der Waals surface area contributed by atoms with Gasteiger partial charge >= 0.3 is 0 Å². The lowest BCUT2D eigenvalue weighted by atomic mass is 10.1. The summed E-state index contributed by atoms with van der Waals surface area (Å²) in [7, 11) is -3.67. The molecule has 2 aromatic carbocycles. The summed E-state index contributed by atoms with van der Waals surface area (Å²) in [6.45, 7) is 2.73. The highest BCUT2D eigenvalue weighted by atomic mass is 32.2. The molecule has 39 heavy (non-hydrogen) atoms. The van der Waals surface area contributed by atoms with Gasteiger partial charge in [0.15, 0.2) is 0 Å². The number of aromatic nitrogens is 2. The number of hydrogen-bond acceptors (Lipinski definition) is 6. The van der Waals surface area contributed by atoms with Gasteiger partial charge in [-0.25, -0.2) is 13.1 Å². The Morgan fingerprint density at radius 1 is 0.949 bits per heavy atom. The van der Waals surface area contributed by atoms with Crippen molar-refractivity contribution in [3.8, 4) is 23.0 Å². The van der Waals surface area contributed by atoms with E-state index in [2.05, 4.69) is 0 Å².